The summed E-state index contributed by atoms with van der Waals surface area (Å²) in [4.78, 5) is 0. The first-order valence-corrected chi connectivity index (χ1v) is 4.65. The zero-order valence-electron chi connectivity index (χ0n) is 8.54. The number of ether oxygens (including phenoxy) is 2. The van der Waals surface area contributed by atoms with E-state index in [1.807, 2.05) is 0 Å². The van der Waals surface area contributed by atoms with Crippen molar-refractivity contribution in [3.8, 4) is 6.07 Å². The number of nitrogens with zero attached hydrogens (tertiary/aromatic N) is 1. The summed E-state index contributed by atoms with van der Waals surface area (Å²) in [5.41, 5.74) is 0.214. The van der Waals surface area contributed by atoms with Gasteiger partial charge in [-0.15, -0.1) is 0 Å². The number of hydrogen-bond donors (Lipinski definition) is 0. The van der Waals surface area contributed by atoms with Crippen molar-refractivity contribution in [1.29, 1.82) is 5.26 Å². The summed E-state index contributed by atoms with van der Waals surface area (Å²) < 4.78 is 11.0. The fourth-order valence-electron chi connectivity index (χ4n) is 1.32. The normalized spacial score (nSPS) is 28.8. The summed E-state index contributed by atoms with van der Waals surface area (Å²) in [5, 5.41) is 8.46. The fraction of sp³-hybridized carbons (Fsp3) is 0.900. The predicted octanol–water partition coefficient (Wildman–Crippen LogP) is 2.08. The minimum atomic E-state index is -0.113. The zero-order valence-corrected chi connectivity index (χ0v) is 8.54. The Hall–Kier alpha value is -0.590. The predicted molar refractivity (Wildman–Crippen MR) is 48.9 cm³/mol. The highest BCUT2D eigenvalue weighted by Gasteiger charge is 2.29. The third kappa shape index (κ3) is 3.75. The van der Waals surface area contributed by atoms with Gasteiger partial charge in [0.05, 0.1) is 25.2 Å². The molecular formula is C10H17NO2. The summed E-state index contributed by atoms with van der Waals surface area (Å²) in [6.07, 6.45) is 1.19. The third-order valence-corrected chi connectivity index (χ3v) is 1.91. The minimum Gasteiger partial charge on any atom is -0.350 e. The van der Waals surface area contributed by atoms with Crippen LogP contribution in [0, 0.1) is 16.7 Å². The second kappa shape index (κ2) is 4.08. The molecule has 0 amide bonds. The van der Waals surface area contributed by atoms with E-state index < -0.39 is 0 Å². The van der Waals surface area contributed by atoms with Crippen molar-refractivity contribution >= 4 is 0 Å². The van der Waals surface area contributed by atoms with E-state index in [2.05, 4.69) is 26.8 Å². The highest BCUT2D eigenvalue weighted by molar-refractivity contribution is 4.80. The number of rotatable bonds is 2. The van der Waals surface area contributed by atoms with Gasteiger partial charge >= 0.3 is 0 Å². The van der Waals surface area contributed by atoms with E-state index >= 15 is 0 Å². The van der Waals surface area contributed by atoms with Crippen LogP contribution in [0.25, 0.3) is 0 Å². The van der Waals surface area contributed by atoms with Gasteiger partial charge in [0.2, 0.25) is 0 Å². The molecule has 1 rings (SSSR count). The van der Waals surface area contributed by atoms with Crippen LogP contribution in [0.3, 0.4) is 0 Å². The summed E-state index contributed by atoms with van der Waals surface area (Å²) in [5.74, 6) is 0. The average molecular weight is 183 g/mol. The smallest absolute Gasteiger partial charge is 0.158 e. The molecule has 1 aliphatic rings. The molecule has 2 atom stereocenters. The Morgan fingerprint density at radius 3 is 2.69 bits per heavy atom. The molecule has 0 bridgehead atoms. The van der Waals surface area contributed by atoms with Gasteiger partial charge in [0, 0.05) is 6.42 Å². The molecule has 0 aromatic heterocycles. The SMILES string of the molecule is CC(C)(C)CC1OCC(CC#N)O1. The lowest BCUT2D eigenvalue weighted by molar-refractivity contribution is -0.0784. The van der Waals surface area contributed by atoms with Crippen LogP contribution in [0.15, 0.2) is 0 Å². The maximum Gasteiger partial charge on any atom is 0.158 e. The molecule has 1 heterocycles. The number of nitriles is 1. The summed E-state index contributed by atoms with van der Waals surface area (Å²) in [6.45, 7) is 7.01. The zero-order chi connectivity index (χ0) is 9.90. The molecular weight excluding hydrogens is 166 g/mol. The molecule has 1 saturated heterocycles. The molecule has 74 valence electrons. The topological polar surface area (TPSA) is 42.2 Å². The Labute approximate surface area is 79.6 Å². The van der Waals surface area contributed by atoms with Gasteiger partial charge in [-0.3, -0.25) is 0 Å². The largest absolute Gasteiger partial charge is 0.350 e. The molecule has 1 aliphatic heterocycles. The Balaban J connectivity index is 2.30. The monoisotopic (exact) mass is 183 g/mol. The van der Waals surface area contributed by atoms with Crippen molar-refractivity contribution in [1.82, 2.24) is 0 Å². The molecule has 3 nitrogen and oxygen atoms in total. The van der Waals surface area contributed by atoms with Crippen LogP contribution in [-0.2, 0) is 9.47 Å². The molecule has 13 heavy (non-hydrogen) atoms. The van der Waals surface area contributed by atoms with Gasteiger partial charge in [-0.25, -0.2) is 0 Å². The second-order valence-electron chi connectivity index (χ2n) is 4.65. The lowest BCUT2D eigenvalue weighted by atomic mass is 9.92. The molecule has 2 unspecified atom stereocenters. The molecule has 0 aliphatic carbocycles. The van der Waals surface area contributed by atoms with Crippen LogP contribution >= 0.6 is 0 Å². The van der Waals surface area contributed by atoms with Gasteiger partial charge in [-0.05, 0) is 5.41 Å². The molecule has 0 spiro atoms. The van der Waals surface area contributed by atoms with Crippen molar-refractivity contribution < 1.29 is 9.47 Å². The van der Waals surface area contributed by atoms with Crippen LogP contribution in [0.5, 0.6) is 0 Å². The van der Waals surface area contributed by atoms with Crippen molar-refractivity contribution in [2.24, 2.45) is 5.41 Å². The Morgan fingerprint density at radius 1 is 1.46 bits per heavy atom. The van der Waals surface area contributed by atoms with E-state index in [-0.39, 0.29) is 17.8 Å². The van der Waals surface area contributed by atoms with Gasteiger partial charge < -0.3 is 9.47 Å². The molecule has 0 N–H and O–H groups in total. The van der Waals surface area contributed by atoms with E-state index in [1.165, 1.54) is 0 Å². The van der Waals surface area contributed by atoms with Crippen LogP contribution < -0.4 is 0 Å². The van der Waals surface area contributed by atoms with Crippen molar-refractivity contribution in [3.63, 3.8) is 0 Å². The lowest BCUT2D eigenvalue weighted by Gasteiger charge is -2.21. The van der Waals surface area contributed by atoms with E-state index in [9.17, 15) is 0 Å². The first-order valence-electron chi connectivity index (χ1n) is 4.65. The minimum absolute atomic E-state index is 0.0163. The molecule has 0 radical (unpaired) electrons. The van der Waals surface area contributed by atoms with Crippen molar-refractivity contribution in [2.45, 2.75) is 46.0 Å². The average Bonchev–Trinajstić information content (AvgIpc) is 2.33. The Kier molecular flexibility index (Phi) is 3.29. The highest BCUT2D eigenvalue weighted by atomic mass is 16.7. The van der Waals surface area contributed by atoms with Gasteiger partial charge in [-0.1, -0.05) is 20.8 Å². The first kappa shape index (κ1) is 10.5. The van der Waals surface area contributed by atoms with E-state index in [4.69, 9.17) is 14.7 Å². The maximum absolute atomic E-state index is 8.46. The molecule has 3 heteroatoms. The van der Waals surface area contributed by atoms with E-state index in [0.29, 0.717) is 13.0 Å². The molecule has 0 saturated carbocycles. The van der Waals surface area contributed by atoms with Crippen LogP contribution in [0.2, 0.25) is 0 Å². The van der Waals surface area contributed by atoms with Crippen molar-refractivity contribution in [2.75, 3.05) is 6.61 Å². The maximum atomic E-state index is 8.46. The quantitative estimate of drug-likeness (QED) is 0.658. The molecule has 0 aromatic rings. The summed E-state index contributed by atoms with van der Waals surface area (Å²) in [6, 6.07) is 2.09. The summed E-state index contributed by atoms with van der Waals surface area (Å²) >= 11 is 0. The number of hydrogen-bond acceptors (Lipinski definition) is 3. The van der Waals surface area contributed by atoms with Crippen molar-refractivity contribution in [3.05, 3.63) is 0 Å². The van der Waals surface area contributed by atoms with Gasteiger partial charge in [-0.2, -0.15) is 5.26 Å². The van der Waals surface area contributed by atoms with Gasteiger partial charge in [0.1, 0.15) is 0 Å². The summed E-state index contributed by atoms with van der Waals surface area (Å²) in [7, 11) is 0. The van der Waals surface area contributed by atoms with Crippen LogP contribution in [-0.4, -0.2) is 19.0 Å². The molecule has 1 fully saturated rings. The third-order valence-electron chi connectivity index (χ3n) is 1.91. The second-order valence-corrected chi connectivity index (χ2v) is 4.65. The standard InChI is InChI=1S/C10H17NO2/c1-10(2,3)6-9-12-7-8(13-9)4-5-11/h8-9H,4,6-7H2,1-3H3. The van der Waals surface area contributed by atoms with Gasteiger partial charge in [0.15, 0.2) is 6.29 Å². The van der Waals surface area contributed by atoms with E-state index in [0.717, 1.165) is 6.42 Å². The molecule has 0 aromatic carbocycles. The van der Waals surface area contributed by atoms with Gasteiger partial charge in [0.25, 0.3) is 0 Å². The Morgan fingerprint density at radius 2 is 2.15 bits per heavy atom. The van der Waals surface area contributed by atoms with Crippen LogP contribution in [0.1, 0.15) is 33.6 Å². The Bertz CT molecular complexity index is 202. The van der Waals surface area contributed by atoms with Crippen LogP contribution in [0.4, 0.5) is 0 Å². The highest BCUT2D eigenvalue weighted by Crippen LogP contribution is 2.27. The fourth-order valence-corrected chi connectivity index (χ4v) is 1.32. The van der Waals surface area contributed by atoms with E-state index in [1.54, 1.807) is 0 Å². The lowest BCUT2D eigenvalue weighted by Crippen LogP contribution is -2.19. The first-order chi connectivity index (χ1) is 6.01.